The van der Waals surface area contributed by atoms with Crippen LogP contribution in [0.1, 0.15) is 12.5 Å². The number of fused-ring (bicyclic) bond motifs is 1. The standard InChI is InChI=1S/C15H15ClN4O3S/c1-4-24(22,23)11-5-6-12(16)18-13(11)14-17-10-7-9(2)8-20(21)15(10)19(14)3/h5-8H,4H2,1-3H3. The Morgan fingerprint density at radius 2 is 2.04 bits per heavy atom. The molecule has 0 fully saturated rings. The number of aromatic nitrogens is 4. The van der Waals surface area contributed by atoms with E-state index in [1.165, 1.54) is 22.9 Å². The molecule has 0 aliphatic rings. The molecule has 0 atom stereocenters. The lowest BCUT2D eigenvalue weighted by molar-refractivity contribution is -0.580. The van der Waals surface area contributed by atoms with Gasteiger partial charge in [-0.2, -0.15) is 4.98 Å². The Balaban J connectivity index is 2.39. The van der Waals surface area contributed by atoms with Crippen LogP contribution in [0.4, 0.5) is 0 Å². The molecule has 0 unspecified atom stereocenters. The van der Waals surface area contributed by atoms with Gasteiger partial charge in [0.2, 0.25) is 5.82 Å². The molecule has 24 heavy (non-hydrogen) atoms. The summed E-state index contributed by atoms with van der Waals surface area (Å²) in [4.78, 5) is 8.61. The van der Waals surface area contributed by atoms with Gasteiger partial charge < -0.3 is 5.21 Å². The van der Waals surface area contributed by atoms with Crippen molar-refractivity contribution in [3.05, 3.63) is 40.3 Å². The van der Waals surface area contributed by atoms with Crippen molar-refractivity contribution < 1.29 is 13.1 Å². The van der Waals surface area contributed by atoms with Crippen molar-refractivity contribution in [1.82, 2.24) is 14.5 Å². The molecule has 0 aliphatic heterocycles. The zero-order valence-corrected chi connectivity index (χ0v) is 14.9. The van der Waals surface area contributed by atoms with E-state index in [-0.39, 0.29) is 27.3 Å². The molecule has 3 aromatic heterocycles. The molecule has 0 amide bonds. The van der Waals surface area contributed by atoms with Crippen molar-refractivity contribution >= 4 is 32.6 Å². The normalized spacial score (nSPS) is 12.0. The van der Waals surface area contributed by atoms with E-state index in [2.05, 4.69) is 9.97 Å². The summed E-state index contributed by atoms with van der Waals surface area (Å²) >= 11 is 5.96. The minimum atomic E-state index is -3.53. The van der Waals surface area contributed by atoms with Gasteiger partial charge in [-0.25, -0.2) is 22.7 Å². The molecule has 3 aromatic rings. The number of pyridine rings is 2. The first-order valence-corrected chi connectivity index (χ1v) is 9.23. The first-order valence-electron chi connectivity index (χ1n) is 7.20. The first-order chi connectivity index (χ1) is 11.2. The molecule has 0 N–H and O–H groups in total. The van der Waals surface area contributed by atoms with E-state index >= 15 is 0 Å². The summed E-state index contributed by atoms with van der Waals surface area (Å²) in [5.74, 6) is 0.197. The van der Waals surface area contributed by atoms with E-state index in [0.29, 0.717) is 15.9 Å². The van der Waals surface area contributed by atoms with E-state index in [1.807, 2.05) is 0 Å². The number of halogens is 1. The van der Waals surface area contributed by atoms with Gasteiger partial charge in [-0.1, -0.05) is 18.5 Å². The number of aryl methyl sites for hydroxylation is 2. The van der Waals surface area contributed by atoms with Gasteiger partial charge in [0.1, 0.15) is 5.15 Å². The third-order valence-corrected chi connectivity index (χ3v) is 5.71. The van der Waals surface area contributed by atoms with Crippen LogP contribution in [0.25, 0.3) is 22.7 Å². The third-order valence-electron chi connectivity index (χ3n) is 3.74. The SMILES string of the molecule is CCS(=O)(=O)c1ccc(Cl)nc1-c1nc2cc(C)c[n+]([O-])c2n1C. The summed E-state index contributed by atoms with van der Waals surface area (Å²) in [6.45, 7) is 3.34. The summed E-state index contributed by atoms with van der Waals surface area (Å²) in [6, 6.07) is 4.60. The molecule has 0 spiro atoms. The number of hydrogen-bond acceptors (Lipinski definition) is 5. The number of sulfone groups is 1. The number of hydrogen-bond donors (Lipinski definition) is 0. The number of imidazole rings is 1. The average molecular weight is 367 g/mol. The van der Waals surface area contributed by atoms with Gasteiger partial charge >= 0.3 is 5.65 Å². The summed E-state index contributed by atoms with van der Waals surface area (Å²) < 4.78 is 27.0. The van der Waals surface area contributed by atoms with Crippen molar-refractivity contribution in [2.24, 2.45) is 7.05 Å². The molecule has 0 radical (unpaired) electrons. The second kappa shape index (κ2) is 5.71. The summed E-state index contributed by atoms with van der Waals surface area (Å²) in [5, 5.41) is 12.3. The summed E-state index contributed by atoms with van der Waals surface area (Å²) in [7, 11) is -1.89. The topological polar surface area (TPSA) is 91.8 Å². The van der Waals surface area contributed by atoms with Crippen LogP contribution < -0.4 is 4.73 Å². The average Bonchev–Trinajstić information content (AvgIpc) is 2.83. The zero-order valence-electron chi connectivity index (χ0n) is 13.3. The molecule has 0 aromatic carbocycles. The Hall–Kier alpha value is -2.19. The number of rotatable bonds is 3. The Bertz CT molecular complexity index is 1060. The van der Waals surface area contributed by atoms with Gasteiger partial charge in [-0.15, -0.1) is 0 Å². The van der Waals surface area contributed by atoms with Crippen LogP contribution in [0, 0.1) is 12.1 Å². The highest BCUT2D eigenvalue weighted by Crippen LogP contribution is 2.29. The summed E-state index contributed by atoms with van der Waals surface area (Å²) in [6.07, 6.45) is 1.43. The van der Waals surface area contributed by atoms with Gasteiger partial charge in [0.25, 0.3) is 0 Å². The maximum Gasteiger partial charge on any atom is 0.312 e. The van der Waals surface area contributed by atoms with Gasteiger partial charge in [0.15, 0.2) is 21.0 Å². The Morgan fingerprint density at radius 1 is 1.33 bits per heavy atom. The van der Waals surface area contributed by atoms with Crippen LogP contribution in [0.2, 0.25) is 5.15 Å². The molecule has 0 saturated heterocycles. The molecule has 0 saturated carbocycles. The van der Waals surface area contributed by atoms with E-state index in [1.54, 1.807) is 27.0 Å². The molecule has 7 nitrogen and oxygen atoms in total. The molecular weight excluding hydrogens is 352 g/mol. The van der Waals surface area contributed by atoms with Crippen LogP contribution >= 0.6 is 11.6 Å². The fraction of sp³-hybridized carbons (Fsp3) is 0.267. The van der Waals surface area contributed by atoms with E-state index in [0.717, 1.165) is 5.56 Å². The minimum absolute atomic E-state index is 0.0435. The Morgan fingerprint density at radius 3 is 2.71 bits per heavy atom. The lowest BCUT2D eigenvalue weighted by Gasteiger charge is -2.07. The van der Waals surface area contributed by atoms with Crippen molar-refractivity contribution in [2.45, 2.75) is 18.7 Å². The van der Waals surface area contributed by atoms with Crippen LogP contribution in [0.5, 0.6) is 0 Å². The maximum absolute atomic E-state index is 12.4. The predicted octanol–water partition coefficient (Wildman–Crippen LogP) is 2.02. The van der Waals surface area contributed by atoms with Gasteiger partial charge in [-0.05, 0) is 30.7 Å². The lowest BCUT2D eigenvalue weighted by Crippen LogP contribution is -2.28. The highest BCUT2D eigenvalue weighted by Gasteiger charge is 2.27. The Labute approximate surface area is 144 Å². The number of nitrogens with zero attached hydrogens (tertiary/aromatic N) is 4. The molecule has 9 heteroatoms. The van der Waals surface area contributed by atoms with Crippen molar-refractivity contribution in [3.8, 4) is 11.5 Å². The largest absolute Gasteiger partial charge is 0.711 e. The monoisotopic (exact) mass is 366 g/mol. The minimum Gasteiger partial charge on any atom is -0.711 e. The predicted molar refractivity (Wildman–Crippen MR) is 90.4 cm³/mol. The van der Waals surface area contributed by atoms with Gasteiger partial charge in [0, 0.05) is 0 Å². The van der Waals surface area contributed by atoms with Crippen LogP contribution in [0.15, 0.2) is 29.3 Å². The van der Waals surface area contributed by atoms with Crippen molar-refractivity contribution in [3.63, 3.8) is 0 Å². The van der Waals surface area contributed by atoms with E-state index in [9.17, 15) is 13.6 Å². The fourth-order valence-electron chi connectivity index (χ4n) is 2.57. The second-order valence-electron chi connectivity index (χ2n) is 5.43. The smallest absolute Gasteiger partial charge is 0.312 e. The third kappa shape index (κ3) is 2.61. The van der Waals surface area contributed by atoms with Crippen LogP contribution in [-0.2, 0) is 16.9 Å². The lowest BCUT2D eigenvalue weighted by atomic mass is 10.3. The van der Waals surface area contributed by atoms with Crippen molar-refractivity contribution in [2.75, 3.05) is 5.75 Å². The second-order valence-corrected chi connectivity index (χ2v) is 8.06. The van der Waals surface area contributed by atoms with Gasteiger partial charge in [-0.3, -0.25) is 0 Å². The molecule has 126 valence electrons. The van der Waals surface area contributed by atoms with Crippen LogP contribution in [0.3, 0.4) is 0 Å². The fourth-order valence-corrected chi connectivity index (χ4v) is 3.73. The van der Waals surface area contributed by atoms with E-state index in [4.69, 9.17) is 11.6 Å². The Kier molecular flexibility index (Phi) is 3.97. The molecule has 0 bridgehead atoms. The molecule has 3 heterocycles. The molecular formula is C15H15ClN4O3S. The van der Waals surface area contributed by atoms with Crippen LogP contribution in [-0.4, -0.2) is 28.7 Å². The quantitative estimate of drug-likeness (QED) is 0.401. The van der Waals surface area contributed by atoms with Crippen molar-refractivity contribution in [1.29, 1.82) is 0 Å². The molecule has 3 rings (SSSR count). The highest BCUT2D eigenvalue weighted by atomic mass is 35.5. The maximum atomic E-state index is 12.4. The van der Waals surface area contributed by atoms with E-state index < -0.39 is 9.84 Å². The van der Waals surface area contributed by atoms with Gasteiger partial charge in [0.05, 0.1) is 23.9 Å². The highest BCUT2D eigenvalue weighted by molar-refractivity contribution is 7.91. The molecule has 0 aliphatic carbocycles. The first kappa shape index (κ1) is 16.7. The zero-order chi connectivity index (χ0) is 17.6. The summed E-state index contributed by atoms with van der Waals surface area (Å²) in [5.41, 5.74) is 1.67.